The van der Waals surface area contributed by atoms with E-state index in [1.807, 2.05) is 0 Å². The Morgan fingerprint density at radius 1 is 1.00 bits per heavy atom. The molecule has 0 saturated heterocycles. The summed E-state index contributed by atoms with van der Waals surface area (Å²) in [5.74, 6) is -2.17. The van der Waals surface area contributed by atoms with Crippen molar-refractivity contribution < 1.29 is 18.0 Å². The van der Waals surface area contributed by atoms with Crippen LogP contribution in [-0.4, -0.2) is 15.7 Å². The van der Waals surface area contributed by atoms with Gasteiger partial charge in [-0.05, 0) is 42.0 Å². The Kier molecular flexibility index (Phi) is 3.56. The topological polar surface area (TPSA) is 46.9 Å². The number of rotatable bonds is 2. The van der Waals surface area contributed by atoms with Gasteiger partial charge in [0.05, 0.1) is 11.9 Å². The van der Waals surface area contributed by atoms with Crippen LogP contribution in [0.4, 0.5) is 19.0 Å². The molecule has 1 atom stereocenters. The van der Waals surface area contributed by atoms with Crippen LogP contribution in [0.25, 0.3) is 5.69 Å². The second kappa shape index (κ2) is 5.77. The minimum atomic E-state index is -0.701. The van der Waals surface area contributed by atoms with Gasteiger partial charge in [0.1, 0.15) is 23.3 Å². The van der Waals surface area contributed by atoms with Crippen LogP contribution in [-0.2, 0) is 4.79 Å². The Balaban J connectivity index is 1.82. The maximum Gasteiger partial charge on any atom is 0.226 e. The largest absolute Gasteiger partial charge is 0.310 e. The number of nitrogens with one attached hydrogen (secondary N) is 1. The van der Waals surface area contributed by atoms with Gasteiger partial charge in [-0.15, -0.1) is 0 Å². The summed E-state index contributed by atoms with van der Waals surface area (Å²) >= 11 is 0. The summed E-state index contributed by atoms with van der Waals surface area (Å²) in [5.41, 5.74) is 1.58. The zero-order chi connectivity index (χ0) is 17.6. The number of fused-ring (bicyclic) bond motifs is 1. The van der Waals surface area contributed by atoms with Gasteiger partial charge in [-0.1, -0.05) is 0 Å². The molecule has 4 nitrogen and oxygen atoms in total. The molecule has 0 radical (unpaired) electrons. The Morgan fingerprint density at radius 3 is 2.36 bits per heavy atom. The van der Waals surface area contributed by atoms with Crippen LogP contribution >= 0.6 is 0 Å². The Morgan fingerprint density at radius 2 is 1.68 bits per heavy atom. The average Bonchev–Trinajstić information content (AvgIpc) is 2.97. The zero-order valence-electron chi connectivity index (χ0n) is 12.8. The van der Waals surface area contributed by atoms with Crippen LogP contribution in [0.5, 0.6) is 0 Å². The number of hydrogen-bond acceptors (Lipinski definition) is 2. The molecule has 0 unspecified atom stereocenters. The van der Waals surface area contributed by atoms with E-state index < -0.39 is 17.6 Å². The van der Waals surface area contributed by atoms with E-state index >= 15 is 0 Å². The highest BCUT2D eigenvalue weighted by molar-refractivity contribution is 5.94. The fraction of sp³-hybridized carbons (Fsp3) is 0.111. The Hall–Kier alpha value is -3.09. The summed E-state index contributed by atoms with van der Waals surface area (Å²) in [4.78, 5) is 12.1. The van der Waals surface area contributed by atoms with Crippen LogP contribution < -0.4 is 5.32 Å². The highest BCUT2D eigenvalue weighted by Crippen LogP contribution is 2.38. The fourth-order valence-electron chi connectivity index (χ4n) is 3.07. The molecule has 25 heavy (non-hydrogen) atoms. The summed E-state index contributed by atoms with van der Waals surface area (Å²) in [5, 5.41) is 6.98. The van der Waals surface area contributed by atoms with E-state index in [4.69, 9.17) is 0 Å². The lowest BCUT2D eigenvalue weighted by Crippen LogP contribution is -2.24. The van der Waals surface area contributed by atoms with Gasteiger partial charge in [-0.3, -0.25) is 4.79 Å². The van der Waals surface area contributed by atoms with Crippen molar-refractivity contribution in [2.45, 2.75) is 12.3 Å². The lowest BCUT2D eigenvalue weighted by Gasteiger charge is -2.24. The Labute approximate surface area is 140 Å². The molecule has 1 amide bonds. The monoisotopic (exact) mass is 343 g/mol. The normalized spacial score (nSPS) is 16.4. The molecule has 1 aliphatic rings. The molecule has 1 aromatic heterocycles. The van der Waals surface area contributed by atoms with Crippen molar-refractivity contribution in [2.75, 3.05) is 5.32 Å². The van der Waals surface area contributed by atoms with Crippen LogP contribution in [0, 0.1) is 17.5 Å². The predicted octanol–water partition coefficient (Wildman–Crippen LogP) is 3.76. The lowest BCUT2D eigenvalue weighted by molar-refractivity contribution is -0.116. The number of anilines is 1. The molecule has 0 saturated carbocycles. The van der Waals surface area contributed by atoms with E-state index in [0.29, 0.717) is 22.6 Å². The van der Waals surface area contributed by atoms with Crippen LogP contribution in [0.1, 0.15) is 23.5 Å². The van der Waals surface area contributed by atoms with Gasteiger partial charge in [0.15, 0.2) is 0 Å². The van der Waals surface area contributed by atoms with Crippen molar-refractivity contribution in [2.24, 2.45) is 0 Å². The molecule has 7 heteroatoms. The highest BCUT2D eigenvalue weighted by atomic mass is 19.1. The SMILES string of the molecule is O=C1C[C@H](c2cc(F)cc(F)c2)c2cnn(-c3ccc(F)cc3)c2N1. The van der Waals surface area contributed by atoms with Crippen LogP contribution in [0.15, 0.2) is 48.7 Å². The number of nitrogens with zero attached hydrogens (tertiary/aromatic N) is 2. The number of carbonyl (C=O) groups excluding carboxylic acids is 1. The maximum absolute atomic E-state index is 13.6. The first-order chi connectivity index (χ1) is 12.0. The standard InChI is InChI=1S/C18H12F3N3O/c19-11-1-3-14(4-2-11)24-18-16(9-22-24)15(8-17(25)23-18)10-5-12(20)7-13(21)6-10/h1-7,9,15H,8H2,(H,23,25)/t15-/m1/s1. The van der Waals surface area contributed by atoms with Gasteiger partial charge < -0.3 is 5.32 Å². The third-order valence-corrected chi connectivity index (χ3v) is 4.18. The molecule has 0 bridgehead atoms. The third kappa shape index (κ3) is 2.77. The van der Waals surface area contributed by atoms with Gasteiger partial charge in [-0.25, -0.2) is 17.9 Å². The van der Waals surface area contributed by atoms with Crippen molar-refractivity contribution in [1.82, 2.24) is 9.78 Å². The summed E-state index contributed by atoms with van der Waals surface area (Å²) in [7, 11) is 0. The molecule has 1 aliphatic heterocycles. The van der Waals surface area contributed by atoms with Crippen LogP contribution in [0.2, 0.25) is 0 Å². The second-order valence-corrected chi connectivity index (χ2v) is 5.84. The van der Waals surface area contributed by atoms with E-state index in [0.717, 1.165) is 6.07 Å². The minimum absolute atomic E-state index is 0.0605. The van der Waals surface area contributed by atoms with Crippen molar-refractivity contribution in [3.8, 4) is 5.69 Å². The number of amides is 1. The van der Waals surface area contributed by atoms with Gasteiger partial charge in [0.2, 0.25) is 5.91 Å². The molecule has 0 fully saturated rings. The number of aromatic nitrogens is 2. The fourth-order valence-corrected chi connectivity index (χ4v) is 3.07. The van der Waals surface area contributed by atoms with Crippen molar-refractivity contribution >= 4 is 11.7 Å². The van der Waals surface area contributed by atoms with E-state index in [2.05, 4.69) is 10.4 Å². The van der Waals surface area contributed by atoms with E-state index in [1.54, 1.807) is 6.20 Å². The second-order valence-electron chi connectivity index (χ2n) is 5.84. The molecule has 4 rings (SSSR count). The first kappa shape index (κ1) is 15.4. The van der Waals surface area contributed by atoms with Gasteiger partial charge in [0, 0.05) is 24.0 Å². The van der Waals surface area contributed by atoms with E-state index in [1.165, 1.54) is 41.1 Å². The molecule has 2 heterocycles. The molecule has 126 valence electrons. The number of hydrogen-bond donors (Lipinski definition) is 1. The number of halogens is 3. The van der Waals surface area contributed by atoms with Gasteiger partial charge in [0.25, 0.3) is 0 Å². The lowest BCUT2D eigenvalue weighted by atomic mass is 9.87. The van der Waals surface area contributed by atoms with Gasteiger partial charge >= 0.3 is 0 Å². The summed E-state index contributed by atoms with van der Waals surface area (Å²) in [6.45, 7) is 0. The summed E-state index contributed by atoms with van der Waals surface area (Å²) in [6, 6.07) is 8.84. The quantitative estimate of drug-likeness (QED) is 0.770. The molecule has 0 aliphatic carbocycles. The molecule has 0 spiro atoms. The summed E-state index contributed by atoms with van der Waals surface area (Å²) in [6.07, 6.45) is 1.61. The smallest absolute Gasteiger partial charge is 0.226 e. The third-order valence-electron chi connectivity index (χ3n) is 4.18. The molecule has 3 aromatic rings. The zero-order valence-corrected chi connectivity index (χ0v) is 12.8. The number of benzene rings is 2. The number of carbonyl (C=O) groups is 1. The van der Waals surface area contributed by atoms with Crippen molar-refractivity contribution in [3.63, 3.8) is 0 Å². The van der Waals surface area contributed by atoms with E-state index in [-0.39, 0.29) is 18.1 Å². The maximum atomic E-state index is 13.6. The Bertz CT molecular complexity index is 946. The minimum Gasteiger partial charge on any atom is -0.310 e. The van der Waals surface area contributed by atoms with E-state index in [9.17, 15) is 18.0 Å². The average molecular weight is 343 g/mol. The molecule has 2 aromatic carbocycles. The first-order valence-corrected chi connectivity index (χ1v) is 7.61. The van der Waals surface area contributed by atoms with Crippen LogP contribution in [0.3, 0.4) is 0 Å². The first-order valence-electron chi connectivity index (χ1n) is 7.61. The van der Waals surface area contributed by atoms with Crippen molar-refractivity contribution in [1.29, 1.82) is 0 Å². The molecule has 1 N–H and O–H groups in total. The summed E-state index contributed by atoms with van der Waals surface area (Å²) < 4.78 is 41.7. The van der Waals surface area contributed by atoms with Gasteiger partial charge in [-0.2, -0.15) is 5.10 Å². The predicted molar refractivity (Wildman–Crippen MR) is 85.0 cm³/mol. The highest BCUT2D eigenvalue weighted by Gasteiger charge is 2.30. The molecular weight excluding hydrogens is 331 g/mol. The molecular formula is C18H12F3N3O. The van der Waals surface area contributed by atoms with Crippen molar-refractivity contribution in [3.05, 3.63) is 77.2 Å².